The Morgan fingerprint density at radius 2 is 2.14 bits per heavy atom. The third kappa shape index (κ3) is 2.63. The fourth-order valence-corrected chi connectivity index (χ4v) is 2.20. The number of aromatic nitrogens is 2. The molecule has 2 aromatic heterocycles. The molecule has 0 saturated heterocycles. The normalized spacial score (nSPS) is 10.8. The molecular formula is C16H13FN2O2. The van der Waals surface area contributed by atoms with Crippen molar-refractivity contribution in [3.05, 3.63) is 71.4 Å². The predicted octanol–water partition coefficient (Wildman–Crippen LogP) is 2.85. The lowest BCUT2D eigenvalue weighted by atomic mass is 10.1. The van der Waals surface area contributed by atoms with E-state index in [0.717, 1.165) is 5.69 Å². The summed E-state index contributed by atoms with van der Waals surface area (Å²) in [6.45, 7) is 0. The van der Waals surface area contributed by atoms with Gasteiger partial charge in [-0.25, -0.2) is 14.2 Å². The summed E-state index contributed by atoms with van der Waals surface area (Å²) in [6, 6.07) is 9.93. The molecule has 3 aromatic rings. The van der Waals surface area contributed by atoms with E-state index in [0.29, 0.717) is 23.2 Å². The highest BCUT2D eigenvalue weighted by molar-refractivity contribution is 5.90. The van der Waals surface area contributed by atoms with Crippen molar-refractivity contribution in [1.29, 1.82) is 0 Å². The van der Waals surface area contributed by atoms with Crippen LogP contribution in [0.1, 0.15) is 21.6 Å². The molecule has 0 radical (unpaired) electrons. The Hall–Kier alpha value is -2.69. The molecule has 0 atom stereocenters. The van der Waals surface area contributed by atoms with Crippen LogP contribution < -0.4 is 0 Å². The molecule has 0 unspecified atom stereocenters. The number of halogens is 1. The molecule has 0 fully saturated rings. The van der Waals surface area contributed by atoms with E-state index in [2.05, 4.69) is 9.72 Å². The zero-order valence-corrected chi connectivity index (χ0v) is 11.4. The highest BCUT2D eigenvalue weighted by Gasteiger charge is 2.10. The third-order valence-electron chi connectivity index (χ3n) is 3.26. The molecule has 0 saturated carbocycles. The van der Waals surface area contributed by atoms with Crippen LogP contribution in [0.4, 0.5) is 4.39 Å². The maximum atomic E-state index is 13.7. The molecule has 2 heterocycles. The number of hydrogen-bond acceptors (Lipinski definition) is 3. The molecule has 0 bridgehead atoms. The molecule has 0 aliphatic rings. The smallest absolute Gasteiger partial charge is 0.338 e. The van der Waals surface area contributed by atoms with Crippen molar-refractivity contribution >= 4 is 11.6 Å². The Labute approximate surface area is 120 Å². The first-order valence-corrected chi connectivity index (χ1v) is 6.47. The van der Waals surface area contributed by atoms with Crippen LogP contribution in [0.5, 0.6) is 0 Å². The molecule has 0 spiro atoms. The number of imidazole rings is 1. The second kappa shape index (κ2) is 5.36. The van der Waals surface area contributed by atoms with E-state index in [9.17, 15) is 9.18 Å². The number of carbonyl (C=O) groups excluding carboxylic acids is 1. The SMILES string of the molecule is COC(=O)c1ccn2cc(Cc3ccccc3F)nc2c1. The minimum Gasteiger partial charge on any atom is -0.465 e. The van der Waals surface area contributed by atoms with Crippen LogP contribution in [0.3, 0.4) is 0 Å². The zero-order chi connectivity index (χ0) is 14.8. The molecule has 4 nitrogen and oxygen atoms in total. The van der Waals surface area contributed by atoms with Crippen LogP contribution in [-0.4, -0.2) is 22.5 Å². The highest BCUT2D eigenvalue weighted by Crippen LogP contribution is 2.15. The van der Waals surface area contributed by atoms with Crippen LogP contribution in [-0.2, 0) is 11.2 Å². The van der Waals surface area contributed by atoms with Gasteiger partial charge in [0.25, 0.3) is 0 Å². The standard InChI is InChI=1S/C16H13FN2O2/c1-21-16(20)12-6-7-19-10-13(18-15(19)9-12)8-11-4-2-3-5-14(11)17/h2-7,9-10H,8H2,1H3. The maximum Gasteiger partial charge on any atom is 0.338 e. The van der Waals surface area contributed by atoms with Gasteiger partial charge in [-0.05, 0) is 23.8 Å². The zero-order valence-electron chi connectivity index (χ0n) is 11.4. The number of pyridine rings is 1. The van der Waals surface area contributed by atoms with Crippen molar-refractivity contribution < 1.29 is 13.9 Å². The number of ether oxygens (including phenoxy) is 1. The van der Waals surface area contributed by atoms with E-state index in [4.69, 9.17) is 0 Å². The van der Waals surface area contributed by atoms with Crippen molar-refractivity contribution in [2.75, 3.05) is 7.11 Å². The number of esters is 1. The Morgan fingerprint density at radius 3 is 2.90 bits per heavy atom. The molecule has 1 aromatic carbocycles. The fourth-order valence-electron chi connectivity index (χ4n) is 2.20. The topological polar surface area (TPSA) is 43.6 Å². The maximum absolute atomic E-state index is 13.7. The molecule has 3 rings (SSSR count). The first-order valence-electron chi connectivity index (χ1n) is 6.47. The highest BCUT2D eigenvalue weighted by atomic mass is 19.1. The average molecular weight is 284 g/mol. The van der Waals surface area contributed by atoms with Crippen LogP contribution in [0.15, 0.2) is 48.8 Å². The lowest BCUT2D eigenvalue weighted by molar-refractivity contribution is 0.0600. The van der Waals surface area contributed by atoms with Gasteiger partial charge < -0.3 is 9.14 Å². The van der Waals surface area contributed by atoms with Crippen molar-refractivity contribution in [3.8, 4) is 0 Å². The van der Waals surface area contributed by atoms with Crippen LogP contribution in [0.2, 0.25) is 0 Å². The lowest BCUT2D eigenvalue weighted by Crippen LogP contribution is -2.01. The van der Waals surface area contributed by atoms with Crippen molar-refractivity contribution in [2.24, 2.45) is 0 Å². The number of methoxy groups -OCH3 is 1. The van der Waals surface area contributed by atoms with E-state index < -0.39 is 5.97 Å². The summed E-state index contributed by atoms with van der Waals surface area (Å²) in [4.78, 5) is 15.9. The van der Waals surface area contributed by atoms with Gasteiger partial charge in [0.05, 0.1) is 18.4 Å². The Bertz CT molecular complexity index is 811. The summed E-state index contributed by atoms with van der Waals surface area (Å²) < 4.78 is 20.1. The van der Waals surface area contributed by atoms with E-state index in [1.807, 2.05) is 6.20 Å². The summed E-state index contributed by atoms with van der Waals surface area (Å²) >= 11 is 0. The van der Waals surface area contributed by atoms with Gasteiger partial charge in [0.15, 0.2) is 0 Å². The van der Waals surface area contributed by atoms with Crippen molar-refractivity contribution in [1.82, 2.24) is 9.38 Å². The van der Waals surface area contributed by atoms with Gasteiger partial charge in [-0.3, -0.25) is 0 Å². The first kappa shape index (κ1) is 13.3. The molecular weight excluding hydrogens is 271 g/mol. The summed E-state index contributed by atoms with van der Waals surface area (Å²) in [5.41, 5.74) is 2.40. The number of nitrogens with zero attached hydrogens (tertiary/aromatic N) is 2. The molecule has 106 valence electrons. The minimum atomic E-state index is -0.406. The van der Waals surface area contributed by atoms with Crippen LogP contribution in [0, 0.1) is 5.82 Å². The summed E-state index contributed by atoms with van der Waals surface area (Å²) in [6.07, 6.45) is 3.96. The van der Waals surface area contributed by atoms with Crippen LogP contribution in [0.25, 0.3) is 5.65 Å². The largest absolute Gasteiger partial charge is 0.465 e. The molecule has 21 heavy (non-hydrogen) atoms. The van der Waals surface area contributed by atoms with Gasteiger partial charge in [0.2, 0.25) is 0 Å². The number of carbonyl (C=O) groups is 1. The van der Waals surface area contributed by atoms with E-state index in [1.165, 1.54) is 13.2 Å². The Balaban J connectivity index is 1.94. The van der Waals surface area contributed by atoms with Gasteiger partial charge in [0, 0.05) is 18.8 Å². The second-order valence-electron chi connectivity index (χ2n) is 4.67. The van der Waals surface area contributed by atoms with E-state index >= 15 is 0 Å². The van der Waals surface area contributed by atoms with E-state index in [-0.39, 0.29) is 5.82 Å². The van der Waals surface area contributed by atoms with Crippen molar-refractivity contribution in [3.63, 3.8) is 0 Å². The lowest BCUT2D eigenvalue weighted by Gasteiger charge is -1.98. The first-order chi connectivity index (χ1) is 10.2. The number of hydrogen-bond donors (Lipinski definition) is 0. The summed E-state index contributed by atoms with van der Waals surface area (Å²) in [7, 11) is 1.34. The number of rotatable bonds is 3. The molecule has 0 aliphatic heterocycles. The summed E-state index contributed by atoms with van der Waals surface area (Å²) in [5, 5.41) is 0. The molecule has 5 heteroatoms. The molecule has 0 aliphatic carbocycles. The van der Waals surface area contributed by atoms with E-state index in [1.54, 1.807) is 40.9 Å². The van der Waals surface area contributed by atoms with Gasteiger partial charge >= 0.3 is 5.97 Å². The predicted molar refractivity (Wildman–Crippen MR) is 75.7 cm³/mol. The quantitative estimate of drug-likeness (QED) is 0.695. The fraction of sp³-hybridized carbons (Fsp3) is 0.125. The van der Waals surface area contributed by atoms with Crippen molar-refractivity contribution in [2.45, 2.75) is 6.42 Å². The summed E-state index contributed by atoms with van der Waals surface area (Å²) in [5.74, 6) is -0.652. The van der Waals surface area contributed by atoms with Crippen LogP contribution >= 0.6 is 0 Å². The van der Waals surface area contributed by atoms with Gasteiger partial charge in [-0.1, -0.05) is 18.2 Å². The second-order valence-corrected chi connectivity index (χ2v) is 4.67. The molecule has 0 amide bonds. The number of fused-ring (bicyclic) bond motifs is 1. The Kier molecular flexibility index (Phi) is 3.39. The Morgan fingerprint density at radius 1 is 1.33 bits per heavy atom. The number of benzene rings is 1. The van der Waals surface area contributed by atoms with Gasteiger partial charge in [0.1, 0.15) is 11.5 Å². The van der Waals surface area contributed by atoms with Gasteiger partial charge in [-0.15, -0.1) is 0 Å². The molecule has 0 N–H and O–H groups in total. The van der Waals surface area contributed by atoms with Gasteiger partial charge in [-0.2, -0.15) is 0 Å². The monoisotopic (exact) mass is 284 g/mol. The minimum absolute atomic E-state index is 0.246. The average Bonchev–Trinajstić information content (AvgIpc) is 2.90. The third-order valence-corrected chi connectivity index (χ3v) is 3.26.